The molecule has 4 rings (SSSR count). The normalized spacial score (nSPS) is 14.5. The molecule has 0 saturated heterocycles. The van der Waals surface area contributed by atoms with Crippen molar-refractivity contribution in [1.82, 2.24) is 35.7 Å². The first-order chi connectivity index (χ1) is 13.7. The molecule has 1 fully saturated rings. The molecule has 8 nitrogen and oxygen atoms in total. The zero-order valence-electron chi connectivity index (χ0n) is 15.5. The van der Waals surface area contributed by atoms with Crippen molar-refractivity contribution in [3.8, 4) is 0 Å². The number of thioether (sulfide) groups is 1. The Kier molecular flexibility index (Phi) is 5.96. The number of carbonyl (C=O) groups excluding carboxylic acids is 1. The van der Waals surface area contributed by atoms with Crippen molar-refractivity contribution >= 4 is 29.0 Å². The molecule has 1 amide bonds. The second-order valence-electron chi connectivity index (χ2n) is 6.80. The largest absolute Gasteiger partial charge is 0.346 e. The van der Waals surface area contributed by atoms with E-state index in [0.29, 0.717) is 23.3 Å². The molecule has 0 bridgehead atoms. The second-order valence-corrected chi connectivity index (χ2v) is 8.81. The molecule has 1 aromatic carbocycles. The fourth-order valence-corrected chi connectivity index (χ4v) is 4.84. The van der Waals surface area contributed by atoms with Gasteiger partial charge in [-0.1, -0.05) is 65.8 Å². The summed E-state index contributed by atoms with van der Waals surface area (Å²) < 4.78 is 1.92. The zero-order chi connectivity index (χ0) is 19.3. The Hall–Kier alpha value is -2.33. The summed E-state index contributed by atoms with van der Waals surface area (Å²) in [5.74, 6) is 0.390. The molecule has 0 spiro atoms. The first-order valence-corrected chi connectivity index (χ1v) is 11.1. The minimum Gasteiger partial charge on any atom is -0.346 e. The van der Waals surface area contributed by atoms with E-state index in [9.17, 15) is 4.79 Å². The minimum atomic E-state index is -0.204. The number of benzene rings is 1. The average Bonchev–Trinajstić information content (AvgIpc) is 3.46. The van der Waals surface area contributed by atoms with Crippen LogP contribution in [0.25, 0.3) is 0 Å². The number of hydrogen-bond donors (Lipinski definition) is 1. The topological polar surface area (TPSA) is 98.5 Å². The van der Waals surface area contributed by atoms with E-state index in [0.717, 1.165) is 28.6 Å². The van der Waals surface area contributed by atoms with Crippen LogP contribution < -0.4 is 5.32 Å². The van der Waals surface area contributed by atoms with Crippen LogP contribution in [-0.2, 0) is 12.3 Å². The lowest BCUT2D eigenvalue weighted by Crippen LogP contribution is -2.22. The van der Waals surface area contributed by atoms with Crippen LogP contribution in [0.3, 0.4) is 0 Å². The second kappa shape index (κ2) is 8.78. The molecule has 1 aliphatic carbocycles. The van der Waals surface area contributed by atoms with E-state index in [4.69, 9.17) is 0 Å². The molecule has 10 heteroatoms. The Morgan fingerprint density at radius 2 is 2.00 bits per heavy atom. The molecular weight excluding hydrogens is 394 g/mol. The summed E-state index contributed by atoms with van der Waals surface area (Å²) >= 11 is 2.84. The Morgan fingerprint density at radius 1 is 1.21 bits per heavy atom. The van der Waals surface area contributed by atoms with Crippen LogP contribution in [0.4, 0.5) is 0 Å². The van der Waals surface area contributed by atoms with Crippen molar-refractivity contribution in [3.05, 3.63) is 45.4 Å². The third-order valence-corrected chi connectivity index (χ3v) is 6.74. The van der Waals surface area contributed by atoms with Gasteiger partial charge in [-0.2, -0.15) is 0 Å². The van der Waals surface area contributed by atoms with E-state index in [1.165, 1.54) is 41.5 Å². The molecule has 3 aromatic rings. The first-order valence-electron chi connectivity index (χ1n) is 9.26. The van der Waals surface area contributed by atoms with Crippen LogP contribution in [0.2, 0.25) is 0 Å². The highest BCUT2D eigenvalue weighted by atomic mass is 32.2. The maximum absolute atomic E-state index is 12.3. The van der Waals surface area contributed by atoms with Crippen molar-refractivity contribution < 1.29 is 4.79 Å². The number of amides is 1. The van der Waals surface area contributed by atoms with Gasteiger partial charge in [-0.05, 0) is 35.8 Å². The van der Waals surface area contributed by atoms with E-state index < -0.39 is 0 Å². The molecule has 0 atom stereocenters. The maximum atomic E-state index is 12.3. The quantitative estimate of drug-likeness (QED) is 0.592. The van der Waals surface area contributed by atoms with Gasteiger partial charge in [0.1, 0.15) is 5.01 Å². The number of nitrogens with one attached hydrogen (secondary N) is 1. The Balaban J connectivity index is 1.31. The van der Waals surface area contributed by atoms with E-state index in [1.54, 1.807) is 0 Å². The lowest BCUT2D eigenvalue weighted by Gasteiger charge is -2.09. The number of carbonyl (C=O) groups is 1. The first kappa shape index (κ1) is 19.0. The van der Waals surface area contributed by atoms with Gasteiger partial charge in [0.2, 0.25) is 10.2 Å². The Labute approximate surface area is 171 Å². The highest BCUT2D eigenvalue weighted by Crippen LogP contribution is 2.32. The summed E-state index contributed by atoms with van der Waals surface area (Å²) in [6, 6.07) is 8.47. The van der Waals surface area contributed by atoms with Crippen molar-refractivity contribution in [2.24, 2.45) is 0 Å². The van der Waals surface area contributed by atoms with Gasteiger partial charge in [-0.25, -0.2) is 4.68 Å². The molecular formula is C18H21N7OS2. The number of tetrazole rings is 1. The van der Waals surface area contributed by atoms with Gasteiger partial charge >= 0.3 is 0 Å². The van der Waals surface area contributed by atoms with Gasteiger partial charge in [0.15, 0.2) is 0 Å². The van der Waals surface area contributed by atoms with Crippen LogP contribution >= 0.6 is 23.1 Å². The summed E-state index contributed by atoms with van der Waals surface area (Å²) in [6.07, 6.45) is 4.71. The fourth-order valence-electron chi connectivity index (χ4n) is 3.15. The Morgan fingerprint density at radius 3 is 2.79 bits per heavy atom. The van der Waals surface area contributed by atoms with Gasteiger partial charge in [-0.3, -0.25) is 4.79 Å². The van der Waals surface area contributed by atoms with Gasteiger partial charge in [-0.15, -0.1) is 15.3 Å². The fraction of sp³-hybridized carbons (Fsp3) is 0.444. The highest BCUT2D eigenvalue weighted by molar-refractivity contribution is 7.98. The van der Waals surface area contributed by atoms with E-state index in [-0.39, 0.29) is 5.91 Å². The van der Waals surface area contributed by atoms with E-state index >= 15 is 0 Å². The van der Waals surface area contributed by atoms with E-state index in [1.807, 2.05) is 35.9 Å². The van der Waals surface area contributed by atoms with Gasteiger partial charge < -0.3 is 5.32 Å². The summed E-state index contributed by atoms with van der Waals surface area (Å²) in [6.45, 7) is 2.51. The number of hydrogen-bond acceptors (Lipinski definition) is 8. The van der Waals surface area contributed by atoms with Crippen molar-refractivity contribution in [3.63, 3.8) is 0 Å². The average molecular weight is 416 g/mol. The standard InChI is InChI=1S/C18H21N7OS2/c1-12-6-8-13(9-7-12)10-19-16(26)17-21-20-15(28-17)11-27-18-22-23-24-25(18)14-4-2-3-5-14/h6-9,14H,2-5,10-11H2,1H3,(H,19,26). The predicted molar refractivity (Wildman–Crippen MR) is 107 cm³/mol. The predicted octanol–water partition coefficient (Wildman–Crippen LogP) is 3.17. The molecule has 2 heterocycles. The third kappa shape index (κ3) is 4.56. The molecule has 146 valence electrons. The monoisotopic (exact) mass is 415 g/mol. The van der Waals surface area contributed by atoms with Gasteiger partial charge in [0.05, 0.1) is 11.8 Å². The van der Waals surface area contributed by atoms with Crippen LogP contribution in [0.1, 0.15) is 57.7 Å². The smallest absolute Gasteiger partial charge is 0.282 e. The molecule has 1 saturated carbocycles. The molecule has 0 radical (unpaired) electrons. The SMILES string of the molecule is Cc1ccc(CNC(=O)c2nnc(CSc3nnnn3C3CCCC3)s2)cc1. The van der Waals surface area contributed by atoms with Crippen molar-refractivity contribution in [2.45, 2.75) is 56.1 Å². The van der Waals surface area contributed by atoms with Crippen molar-refractivity contribution in [2.75, 3.05) is 0 Å². The number of rotatable bonds is 7. The summed E-state index contributed by atoms with van der Waals surface area (Å²) in [5, 5.41) is 25.1. The molecule has 0 aliphatic heterocycles. The zero-order valence-corrected chi connectivity index (χ0v) is 17.2. The van der Waals surface area contributed by atoms with Crippen LogP contribution in [0, 0.1) is 6.92 Å². The van der Waals surface area contributed by atoms with E-state index in [2.05, 4.69) is 31.0 Å². The van der Waals surface area contributed by atoms with Crippen LogP contribution in [0.15, 0.2) is 29.4 Å². The molecule has 0 unspecified atom stereocenters. The lowest BCUT2D eigenvalue weighted by atomic mass is 10.1. The lowest BCUT2D eigenvalue weighted by molar-refractivity contribution is 0.0950. The molecule has 28 heavy (non-hydrogen) atoms. The maximum Gasteiger partial charge on any atom is 0.282 e. The molecule has 1 N–H and O–H groups in total. The summed E-state index contributed by atoms with van der Waals surface area (Å²) in [4.78, 5) is 12.3. The van der Waals surface area contributed by atoms with Crippen LogP contribution in [0.5, 0.6) is 0 Å². The Bertz CT molecular complexity index is 932. The van der Waals surface area contributed by atoms with Gasteiger partial charge in [0.25, 0.3) is 5.91 Å². The molecule has 2 aromatic heterocycles. The van der Waals surface area contributed by atoms with Crippen molar-refractivity contribution in [1.29, 1.82) is 0 Å². The highest BCUT2D eigenvalue weighted by Gasteiger charge is 2.22. The van der Waals surface area contributed by atoms with Gasteiger partial charge in [0, 0.05) is 6.54 Å². The number of aromatic nitrogens is 6. The minimum absolute atomic E-state index is 0.204. The summed E-state index contributed by atoms with van der Waals surface area (Å²) in [7, 11) is 0. The number of aryl methyl sites for hydroxylation is 1. The van der Waals surface area contributed by atoms with Crippen LogP contribution in [-0.4, -0.2) is 36.3 Å². The molecule has 1 aliphatic rings. The third-order valence-electron chi connectivity index (χ3n) is 4.69. The summed E-state index contributed by atoms with van der Waals surface area (Å²) in [5.41, 5.74) is 2.25. The number of nitrogens with zero attached hydrogens (tertiary/aromatic N) is 6.